The van der Waals surface area contributed by atoms with E-state index in [4.69, 9.17) is 5.11 Å². The molecule has 0 amide bonds. The number of esters is 1. The van der Waals surface area contributed by atoms with E-state index in [1.807, 2.05) is 0 Å². The quantitative estimate of drug-likeness (QED) is 0.352. The number of alkyl halides is 6. The number of rotatable bonds is 6. The Labute approximate surface area is 103 Å². The minimum absolute atomic E-state index is 0.545. The smallest absolute Gasteiger partial charge is 0.422 e. The highest BCUT2D eigenvalue weighted by molar-refractivity contribution is 5.72. The topological polar surface area (TPSA) is 55.8 Å². The summed E-state index contributed by atoms with van der Waals surface area (Å²) in [5.74, 6) is -1.39. The molecule has 0 aromatic heterocycles. The molecule has 0 aromatic rings. The van der Waals surface area contributed by atoms with Crippen molar-refractivity contribution in [1.82, 2.24) is 0 Å². The third-order valence-corrected chi connectivity index (χ3v) is 1.52. The highest BCUT2D eigenvalue weighted by atomic mass is 19.4. The van der Waals surface area contributed by atoms with Crippen molar-refractivity contribution >= 4 is 5.97 Å². The minimum Gasteiger partial charge on any atom is -0.456 e. The normalized spacial score (nSPS) is 14.1. The van der Waals surface area contributed by atoms with Gasteiger partial charge in [-0.05, 0) is 5.57 Å². The molecular formula is C9H10F6O4. The van der Waals surface area contributed by atoms with Gasteiger partial charge in [-0.15, -0.1) is 0 Å². The average molecular weight is 296 g/mol. The number of carbonyl (C=O) groups is 1. The molecule has 0 aliphatic heterocycles. The van der Waals surface area contributed by atoms with E-state index in [1.165, 1.54) is 0 Å². The number of hydrogen-bond acceptors (Lipinski definition) is 4. The Bertz CT molecular complexity index is 322. The zero-order valence-electron chi connectivity index (χ0n) is 9.35. The number of carbonyl (C=O) groups excluding carboxylic acids is 1. The number of aliphatic hydroxyl groups excluding tert-OH is 1. The summed E-state index contributed by atoms with van der Waals surface area (Å²) in [6.07, 6.45) is -12.4. The lowest BCUT2D eigenvalue weighted by Gasteiger charge is -2.15. The molecule has 0 aromatic carbocycles. The molecule has 0 saturated heterocycles. The summed E-state index contributed by atoms with van der Waals surface area (Å²) in [4.78, 5) is 10.8. The molecule has 0 saturated carbocycles. The minimum atomic E-state index is -4.72. The molecule has 112 valence electrons. The Morgan fingerprint density at radius 2 is 1.58 bits per heavy atom. The van der Waals surface area contributed by atoms with Crippen LogP contribution in [0.1, 0.15) is 6.42 Å². The average Bonchev–Trinajstić information content (AvgIpc) is 2.21. The summed E-state index contributed by atoms with van der Waals surface area (Å²) < 4.78 is 77.8. The van der Waals surface area contributed by atoms with E-state index in [-0.39, 0.29) is 0 Å². The molecule has 0 aliphatic carbocycles. The highest BCUT2D eigenvalue weighted by Crippen LogP contribution is 2.18. The van der Waals surface area contributed by atoms with Gasteiger partial charge in [-0.3, -0.25) is 4.79 Å². The van der Waals surface area contributed by atoms with Crippen LogP contribution < -0.4 is 0 Å². The SMILES string of the molecule is C=C(CC(=O)OCC(F)(F)F)C(O)OCC(F)(F)F. The van der Waals surface area contributed by atoms with E-state index < -0.39 is 49.8 Å². The molecule has 0 fully saturated rings. The van der Waals surface area contributed by atoms with Crippen molar-refractivity contribution in [2.24, 2.45) is 0 Å². The first kappa shape index (κ1) is 17.7. The van der Waals surface area contributed by atoms with Crippen LogP contribution in [0.3, 0.4) is 0 Å². The predicted molar refractivity (Wildman–Crippen MR) is 48.8 cm³/mol. The van der Waals surface area contributed by atoms with Gasteiger partial charge in [0, 0.05) is 0 Å². The Morgan fingerprint density at radius 3 is 2.00 bits per heavy atom. The third kappa shape index (κ3) is 10.3. The van der Waals surface area contributed by atoms with Crippen molar-refractivity contribution in [3.05, 3.63) is 12.2 Å². The van der Waals surface area contributed by atoms with Crippen molar-refractivity contribution in [3.63, 3.8) is 0 Å². The van der Waals surface area contributed by atoms with E-state index in [1.54, 1.807) is 0 Å². The lowest BCUT2D eigenvalue weighted by Crippen LogP contribution is -2.26. The van der Waals surface area contributed by atoms with Crippen LogP contribution >= 0.6 is 0 Å². The molecule has 1 N–H and O–H groups in total. The van der Waals surface area contributed by atoms with Crippen molar-refractivity contribution in [1.29, 1.82) is 0 Å². The molecular weight excluding hydrogens is 286 g/mol. The zero-order chi connectivity index (χ0) is 15.3. The summed E-state index contributed by atoms with van der Waals surface area (Å²) in [5.41, 5.74) is -0.545. The van der Waals surface area contributed by atoms with Gasteiger partial charge >= 0.3 is 18.3 Å². The second-order valence-electron chi connectivity index (χ2n) is 3.39. The molecule has 1 unspecified atom stereocenters. The molecule has 0 spiro atoms. The fraction of sp³-hybridized carbons (Fsp3) is 0.667. The first-order chi connectivity index (χ1) is 8.41. The third-order valence-electron chi connectivity index (χ3n) is 1.52. The van der Waals surface area contributed by atoms with Crippen LogP contribution in [0.5, 0.6) is 0 Å². The maximum atomic E-state index is 11.7. The van der Waals surface area contributed by atoms with E-state index in [9.17, 15) is 31.1 Å². The van der Waals surface area contributed by atoms with Crippen LogP contribution in [0, 0.1) is 0 Å². The second-order valence-corrected chi connectivity index (χ2v) is 3.39. The molecule has 1 atom stereocenters. The van der Waals surface area contributed by atoms with Gasteiger partial charge in [0.15, 0.2) is 12.9 Å². The Hall–Kier alpha value is -1.29. The summed E-state index contributed by atoms with van der Waals surface area (Å²) in [7, 11) is 0. The van der Waals surface area contributed by atoms with E-state index >= 15 is 0 Å². The first-order valence-corrected chi connectivity index (χ1v) is 4.67. The molecule has 0 bridgehead atoms. The number of ether oxygens (including phenoxy) is 2. The van der Waals surface area contributed by atoms with Crippen LogP contribution in [0.2, 0.25) is 0 Å². The molecule has 0 rings (SSSR count). The van der Waals surface area contributed by atoms with Gasteiger partial charge in [-0.2, -0.15) is 26.3 Å². The summed E-state index contributed by atoms with van der Waals surface area (Å²) >= 11 is 0. The maximum absolute atomic E-state index is 11.7. The van der Waals surface area contributed by atoms with E-state index in [0.717, 1.165) is 0 Å². The monoisotopic (exact) mass is 296 g/mol. The summed E-state index contributed by atoms with van der Waals surface area (Å²) in [6.45, 7) is -0.606. The highest BCUT2D eigenvalue weighted by Gasteiger charge is 2.31. The van der Waals surface area contributed by atoms with Crippen molar-refractivity contribution < 1.29 is 45.7 Å². The van der Waals surface area contributed by atoms with Gasteiger partial charge in [-0.1, -0.05) is 6.58 Å². The van der Waals surface area contributed by atoms with Gasteiger partial charge in [-0.25, -0.2) is 0 Å². The van der Waals surface area contributed by atoms with Crippen molar-refractivity contribution in [2.75, 3.05) is 13.2 Å². The van der Waals surface area contributed by atoms with Crippen LogP contribution in [0.15, 0.2) is 12.2 Å². The van der Waals surface area contributed by atoms with Crippen LogP contribution in [0.4, 0.5) is 26.3 Å². The summed E-state index contributed by atoms with van der Waals surface area (Å²) in [6, 6.07) is 0. The second kappa shape index (κ2) is 6.75. The molecule has 4 nitrogen and oxygen atoms in total. The van der Waals surface area contributed by atoms with E-state index in [2.05, 4.69) is 16.1 Å². The number of aliphatic hydroxyl groups is 1. The van der Waals surface area contributed by atoms with Crippen LogP contribution in [-0.2, 0) is 14.3 Å². The molecule has 10 heteroatoms. The standard InChI is InChI=1S/C9H10F6O4/c1-5(7(17)19-4-9(13,14)15)2-6(16)18-3-8(10,11)12/h7,17H,1-4H2. The molecule has 19 heavy (non-hydrogen) atoms. The zero-order valence-corrected chi connectivity index (χ0v) is 9.35. The number of hydrogen-bond donors (Lipinski definition) is 1. The molecule has 0 aliphatic rings. The van der Waals surface area contributed by atoms with Gasteiger partial charge in [0.05, 0.1) is 6.42 Å². The first-order valence-electron chi connectivity index (χ1n) is 4.67. The van der Waals surface area contributed by atoms with E-state index in [0.29, 0.717) is 0 Å². The van der Waals surface area contributed by atoms with Gasteiger partial charge in [0.1, 0.15) is 6.61 Å². The fourth-order valence-electron chi connectivity index (χ4n) is 0.777. The lowest BCUT2D eigenvalue weighted by atomic mass is 10.2. The van der Waals surface area contributed by atoms with Crippen LogP contribution in [0.25, 0.3) is 0 Å². The van der Waals surface area contributed by atoms with Gasteiger partial charge < -0.3 is 14.6 Å². The Balaban J connectivity index is 4.05. The molecule has 0 heterocycles. The Morgan fingerprint density at radius 1 is 1.11 bits per heavy atom. The summed E-state index contributed by atoms with van der Waals surface area (Å²) in [5, 5.41) is 9.01. The van der Waals surface area contributed by atoms with Gasteiger partial charge in [0.25, 0.3) is 0 Å². The van der Waals surface area contributed by atoms with Crippen molar-refractivity contribution in [2.45, 2.75) is 25.1 Å². The molecule has 0 radical (unpaired) electrons. The largest absolute Gasteiger partial charge is 0.456 e. The maximum Gasteiger partial charge on any atom is 0.422 e. The van der Waals surface area contributed by atoms with Crippen LogP contribution in [-0.4, -0.2) is 42.9 Å². The lowest BCUT2D eigenvalue weighted by molar-refractivity contribution is -0.209. The Kier molecular flexibility index (Phi) is 6.30. The van der Waals surface area contributed by atoms with Gasteiger partial charge in [0.2, 0.25) is 0 Å². The number of halogens is 6. The predicted octanol–water partition coefficient (Wildman–Crippen LogP) is 1.94. The van der Waals surface area contributed by atoms with Crippen molar-refractivity contribution in [3.8, 4) is 0 Å². The fourth-order valence-corrected chi connectivity index (χ4v) is 0.777.